The maximum atomic E-state index is 13.2. The lowest BCUT2D eigenvalue weighted by molar-refractivity contribution is -0.139. The van der Waals surface area contributed by atoms with Crippen LogP contribution >= 0.6 is 23.2 Å². The number of hydrogen-bond acceptors (Lipinski definition) is 3. The zero-order valence-corrected chi connectivity index (χ0v) is 17.5. The Bertz CT molecular complexity index is 1040. The van der Waals surface area contributed by atoms with E-state index >= 15 is 0 Å². The van der Waals surface area contributed by atoms with E-state index in [-0.39, 0.29) is 23.2 Å². The monoisotopic (exact) mass is 448 g/mol. The third-order valence-corrected chi connectivity index (χ3v) is 5.46. The van der Waals surface area contributed by atoms with Gasteiger partial charge in [-0.3, -0.25) is 0 Å². The van der Waals surface area contributed by atoms with Gasteiger partial charge in [-0.15, -0.1) is 0 Å². The Morgan fingerprint density at radius 3 is 2.30 bits per heavy atom. The smallest absolute Gasteiger partial charge is 0.341 e. The number of phenols is 1. The van der Waals surface area contributed by atoms with Crippen LogP contribution in [0.2, 0.25) is 10.0 Å². The third kappa shape index (κ3) is 5.23. The van der Waals surface area contributed by atoms with Gasteiger partial charge in [-0.05, 0) is 47.0 Å². The van der Waals surface area contributed by atoms with Crippen LogP contribution in [-0.2, 0) is 11.2 Å². The Balaban J connectivity index is 1.86. The molecule has 0 unspecified atom stereocenters. The molecule has 0 saturated heterocycles. The molecule has 7 heteroatoms. The molecule has 0 aliphatic carbocycles. The molecule has 0 amide bonds. The minimum Gasteiger partial charge on any atom is -0.508 e. The van der Waals surface area contributed by atoms with Gasteiger partial charge in [0.1, 0.15) is 17.3 Å². The fourth-order valence-corrected chi connectivity index (χ4v) is 3.77. The van der Waals surface area contributed by atoms with Gasteiger partial charge >= 0.3 is 5.97 Å². The van der Waals surface area contributed by atoms with E-state index in [1.54, 1.807) is 24.3 Å². The lowest BCUT2D eigenvalue weighted by atomic mass is 9.90. The van der Waals surface area contributed by atoms with E-state index in [0.29, 0.717) is 27.6 Å². The average molecular weight is 449 g/mol. The number of carbonyl (C=O) groups is 1. The second-order valence-corrected chi connectivity index (χ2v) is 7.71. The largest absolute Gasteiger partial charge is 0.508 e. The average Bonchev–Trinajstić information content (AvgIpc) is 2.70. The highest BCUT2D eigenvalue weighted by Crippen LogP contribution is 2.35. The SMILES string of the molecule is C[C@@H](c1ccc(F)cc1)c1cc(Cc2c(Cl)cc(OCC(=O)O)cc2Cl)ccc1O. The van der Waals surface area contributed by atoms with Gasteiger partial charge in [0.2, 0.25) is 0 Å². The standard InChI is InChI=1S/C23H19Cl2FO4/c1-13(15-3-5-16(26)6-4-15)18-8-14(2-7-22(18)27)9-19-20(24)10-17(11-21(19)25)30-12-23(28)29/h2-8,10-11,13,27H,9,12H2,1H3,(H,28,29)/t13-/m0/s1. The summed E-state index contributed by atoms with van der Waals surface area (Å²) >= 11 is 12.7. The zero-order valence-electron chi connectivity index (χ0n) is 16.0. The molecular weight excluding hydrogens is 430 g/mol. The molecule has 2 N–H and O–H groups in total. The van der Waals surface area contributed by atoms with E-state index in [2.05, 4.69) is 0 Å². The van der Waals surface area contributed by atoms with Crippen molar-refractivity contribution in [3.63, 3.8) is 0 Å². The molecule has 0 spiro atoms. The molecule has 0 bridgehead atoms. The number of rotatable bonds is 7. The van der Waals surface area contributed by atoms with Crippen molar-refractivity contribution in [3.8, 4) is 11.5 Å². The summed E-state index contributed by atoms with van der Waals surface area (Å²) < 4.78 is 18.3. The van der Waals surface area contributed by atoms with Crippen molar-refractivity contribution in [2.24, 2.45) is 0 Å². The molecule has 0 heterocycles. The van der Waals surface area contributed by atoms with Crippen LogP contribution in [0.5, 0.6) is 11.5 Å². The van der Waals surface area contributed by atoms with Crippen molar-refractivity contribution >= 4 is 29.2 Å². The minimum atomic E-state index is -1.10. The maximum absolute atomic E-state index is 13.2. The molecule has 30 heavy (non-hydrogen) atoms. The highest BCUT2D eigenvalue weighted by molar-refractivity contribution is 6.36. The van der Waals surface area contributed by atoms with Gasteiger partial charge in [0, 0.05) is 27.9 Å². The molecule has 4 nitrogen and oxygen atoms in total. The van der Waals surface area contributed by atoms with Gasteiger partial charge in [-0.25, -0.2) is 9.18 Å². The van der Waals surface area contributed by atoms with Crippen molar-refractivity contribution in [1.82, 2.24) is 0 Å². The molecule has 3 aromatic carbocycles. The Labute approximate surface area is 183 Å². The number of phenolic OH excluding ortho intramolecular Hbond substituents is 1. The summed E-state index contributed by atoms with van der Waals surface area (Å²) in [5.41, 5.74) is 3.11. The lowest BCUT2D eigenvalue weighted by Gasteiger charge is -2.16. The van der Waals surface area contributed by atoms with E-state index in [9.17, 15) is 14.3 Å². The van der Waals surface area contributed by atoms with E-state index in [1.807, 2.05) is 13.0 Å². The number of aromatic hydroxyl groups is 1. The van der Waals surface area contributed by atoms with Gasteiger partial charge in [-0.1, -0.05) is 54.4 Å². The summed E-state index contributed by atoms with van der Waals surface area (Å²) in [6.07, 6.45) is 0.403. The van der Waals surface area contributed by atoms with E-state index in [0.717, 1.165) is 11.1 Å². The summed E-state index contributed by atoms with van der Waals surface area (Å²) in [5.74, 6) is -1.15. The Morgan fingerprint density at radius 1 is 1.07 bits per heavy atom. The quantitative estimate of drug-likeness (QED) is 0.461. The summed E-state index contributed by atoms with van der Waals surface area (Å²) in [4.78, 5) is 10.7. The molecule has 3 aromatic rings. The van der Waals surface area contributed by atoms with Gasteiger partial charge in [-0.2, -0.15) is 0 Å². The molecule has 0 radical (unpaired) electrons. The molecule has 1 atom stereocenters. The second-order valence-electron chi connectivity index (χ2n) is 6.89. The van der Waals surface area contributed by atoms with Crippen LogP contribution in [-0.4, -0.2) is 22.8 Å². The van der Waals surface area contributed by atoms with Crippen molar-refractivity contribution < 1.29 is 24.1 Å². The number of benzene rings is 3. The number of hydrogen-bond donors (Lipinski definition) is 2. The number of carboxylic acids is 1. The van der Waals surface area contributed by atoms with Gasteiger partial charge in [0.05, 0.1) is 0 Å². The molecule has 0 aliphatic heterocycles. The van der Waals surface area contributed by atoms with E-state index in [1.165, 1.54) is 24.3 Å². The van der Waals surface area contributed by atoms with Crippen molar-refractivity contribution in [1.29, 1.82) is 0 Å². The summed E-state index contributed by atoms with van der Waals surface area (Å²) in [6, 6.07) is 14.5. The third-order valence-electron chi connectivity index (χ3n) is 4.79. The number of aliphatic carboxylic acids is 1. The van der Waals surface area contributed by atoms with Crippen LogP contribution in [0.1, 0.15) is 35.1 Å². The van der Waals surface area contributed by atoms with E-state index < -0.39 is 12.6 Å². The Kier molecular flexibility index (Phi) is 6.85. The van der Waals surface area contributed by atoms with Crippen LogP contribution in [0.25, 0.3) is 0 Å². The van der Waals surface area contributed by atoms with Crippen molar-refractivity contribution in [2.45, 2.75) is 19.3 Å². The first kappa shape index (κ1) is 21.9. The molecule has 0 saturated carbocycles. The van der Waals surface area contributed by atoms with Crippen molar-refractivity contribution in [3.05, 3.63) is 92.7 Å². The van der Waals surface area contributed by atoms with Crippen molar-refractivity contribution in [2.75, 3.05) is 6.61 Å². The number of carboxylic acid groups (broad SMARTS) is 1. The van der Waals surface area contributed by atoms with E-state index in [4.69, 9.17) is 33.0 Å². The maximum Gasteiger partial charge on any atom is 0.341 e. The van der Waals surface area contributed by atoms with Gasteiger partial charge in [0.25, 0.3) is 0 Å². The van der Waals surface area contributed by atoms with Crippen LogP contribution in [0.15, 0.2) is 54.6 Å². The molecule has 0 aliphatic rings. The van der Waals surface area contributed by atoms with Gasteiger partial charge < -0.3 is 14.9 Å². The molecule has 156 valence electrons. The fraction of sp³-hybridized carbons (Fsp3) is 0.174. The summed E-state index contributed by atoms with van der Waals surface area (Å²) in [5, 5.41) is 19.8. The first-order valence-electron chi connectivity index (χ1n) is 9.14. The molecular formula is C23H19Cl2FO4. The van der Waals surface area contributed by atoms with Crippen LogP contribution in [0, 0.1) is 5.82 Å². The minimum absolute atomic E-state index is 0.144. The predicted octanol–water partition coefficient (Wildman–Crippen LogP) is 6.04. The lowest BCUT2D eigenvalue weighted by Crippen LogP contribution is -2.09. The van der Waals surface area contributed by atoms with Crippen LogP contribution in [0.4, 0.5) is 4.39 Å². The highest BCUT2D eigenvalue weighted by Gasteiger charge is 2.16. The Hall–Kier alpha value is -2.76. The highest BCUT2D eigenvalue weighted by atomic mass is 35.5. The molecule has 0 aromatic heterocycles. The Morgan fingerprint density at radius 2 is 1.70 bits per heavy atom. The molecule has 0 fully saturated rings. The summed E-state index contributed by atoms with van der Waals surface area (Å²) in [7, 11) is 0. The first-order valence-corrected chi connectivity index (χ1v) is 9.90. The topological polar surface area (TPSA) is 66.8 Å². The van der Waals surface area contributed by atoms with Gasteiger partial charge in [0.15, 0.2) is 6.61 Å². The zero-order chi connectivity index (χ0) is 21.8. The first-order chi connectivity index (χ1) is 14.2. The predicted molar refractivity (Wildman–Crippen MR) is 114 cm³/mol. The van der Waals surface area contributed by atoms with Crippen LogP contribution < -0.4 is 4.74 Å². The normalized spacial score (nSPS) is 11.9. The fourth-order valence-electron chi connectivity index (χ4n) is 3.17. The number of ether oxygens (including phenoxy) is 1. The summed E-state index contributed by atoms with van der Waals surface area (Å²) in [6.45, 7) is 1.44. The second kappa shape index (κ2) is 9.37. The number of halogens is 3. The van der Waals surface area contributed by atoms with Crippen LogP contribution in [0.3, 0.4) is 0 Å². The molecule has 3 rings (SSSR count).